The van der Waals surface area contributed by atoms with Crippen molar-refractivity contribution in [3.05, 3.63) is 24.7 Å². The molecule has 3 heteroatoms. The first-order chi connectivity index (χ1) is 13.7. The van der Waals surface area contributed by atoms with Gasteiger partial charge >= 0.3 is 0 Å². The molecule has 2 atom stereocenters. The van der Waals surface area contributed by atoms with Gasteiger partial charge in [-0.15, -0.1) is 0 Å². The summed E-state index contributed by atoms with van der Waals surface area (Å²) in [7, 11) is 0. The summed E-state index contributed by atoms with van der Waals surface area (Å²) >= 11 is 0. The quantitative estimate of drug-likeness (QED) is 0.183. The molecule has 0 aromatic carbocycles. The summed E-state index contributed by atoms with van der Waals surface area (Å²) in [5.74, 6) is 2.13. The molecule has 0 amide bonds. The molecular weight excluding hydrogens is 348 g/mol. The molecule has 1 rings (SSSR count). The highest BCUT2D eigenvalue weighted by Crippen LogP contribution is 2.38. The number of hydrogen-bond donors (Lipinski definition) is 3. The topological polar surface area (TPSA) is 60.7 Å². The third-order valence-corrected chi connectivity index (χ3v) is 6.07. The van der Waals surface area contributed by atoms with Gasteiger partial charge in [-0.05, 0) is 30.8 Å². The number of allylic oxidation sites excluding steroid dienone is 1. The fourth-order valence-electron chi connectivity index (χ4n) is 4.47. The van der Waals surface area contributed by atoms with Crippen LogP contribution in [-0.2, 0) is 0 Å². The van der Waals surface area contributed by atoms with E-state index in [0.29, 0.717) is 0 Å². The molecule has 0 unspecified atom stereocenters. The molecule has 28 heavy (non-hydrogen) atoms. The van der Waals surface area contributed by atoms with Crippen LogP contribution in [0.5, 0.6) is 0 Å². The number of aliphatic hydroxyl groups excluding tert-OH is 3. The number of rotatable bonds is 16. The Hall–Kier alpha value is -0.960. The molecule has 3 N–H and O–H groups in total. The molecule has 1 aliphatic carbocycles. The average Bonchev–Trinajstić information content (AvgIpc) is 3.14. The van der Waals surface area contributed by atoms with Gasteiger partial charge in [0.2, 0.25) is 0 Å². The van der Waals surface area contributed by atoms with Crippen LogP contribution in [0, 0.1) is 11.8 Å². The smallest absolute Gasteiger partial charge is 0.114 e. The highest BCUT2D eigenvalue weighted by Gasteiger charge is 2.25. The van der Waals surface area contributed by atoms with E-state index in [9.17, 15) is 5.11 Å². The van der Waals surface area contributed by atoms with Crippen LogP contribution in [0.15, 0.2) is 24.7 Å². The molecule has 1 aliphatic rings. The van der Waals surface area contributed by atoms with Gasteiger partial charge in [0, 0.05) is 0 Å². The van der Waals surface area contributed by atoms with Gasteiger partial charge in [0.15, 0.2) is 0 Å². The van der Waals surface area contributed by atoms with E-state index >= 15 is 0 Å². The van der Waals surface area contributed by atoms with Crippen molar-refractivity contribution in [3.8, 4) is 0 Å². The van der Waals surface area contributed by atoms with Crippen molar-refractivity contribution < 1.29 is 15.3 Å². The fraction of sp³-hybridized carbons (Fsp3) is 0.840. The molecule has 0 radical (unpaired) electrons. The normalized spacial score (nSPS) is 19.3. The minimum absolute atomic E-state index is 0.126. The number of hydrogen-bond acceptors (Lipinski definition) is 3. The Bertz CT molecular complexity index is 365. The zero-order valence-corrected chi connectivity index (χ0v) is 18.6. The zero-order valence-electron chi connectivity index (χ0n) is 18.6. The van der Waals surface area contributed by atoms with Crippen LogP contribution in [0.4, 0.5) is 0 Å². The van der Waals surface area contributed by atoms with E-state index in [2.05, 4.69) is 13.5 Å². The van der Waals surface area contributed by atoms with Crippen LogP contribution in [0.25, 0.3) is 0 Å². The number of aliphatic hydroxyl groups is 3. The molecular formula is C25H48O3. The van der Waals surface area contributed by atoms with E-state index in [-0.39, 0.29) is 12.4 Å². The molecule has 3 nitrogen and oxygen atoms in total. The first-order valence-electron chi connectivity index (χ1n) is 11.9. The SMILES string of the molecule is C=CO.CCCCCCCCCC[C@H]1CCC[C@@H]1CCCCCC=C(O)CO. The Labute approximate surface area is 175 Å². The molecule has 0 spiro atoms. The van der Waals surface area contributed by atoms with E-state index in [1.807, 2.05) is 0 Å². The van der Waals surface area contributed by atoms with Gasteiger partial charge in [0.1, 0.15) is 5.76 Å². The Kier molecular flexibility index (Phi) is 20.1. The second kappa shape index (κ2) is 20.8. The maximum absolute atomic E-state index is 9.21. The Balaban J connectivity index is 0.00000227. The van der Waals surface area contributed by atoms with E-state index in [1.54, 1.807) is 6.08 Å². The predicted molar refractivity (Wildman–Crippen MR) is 122 cm³/mol. The lowest BCUT2D eigenvalue weighted by Crippen LogP contribution is -2.08. The van der Waals surface area contributed by atoms with Crippen molar-refractivity contribution in [2.24, 2.45) is 11.8 Å². The monoisotopic (exact) mass is 396 g/mol. The lowest BCUT2D eigenvalue weighted by molar-refractivity contribution is 0.252. The Morgan fingerprint density at radius 2 is 1.32 bits per heavy atom. The maximum Gasteiger partial charge on any atom is 0.114 e. The maximum atomic E-state index is 9.21. The summed E-state index contributed by atoms with van der Waals surface area (Å²) in [5.41, 5.74) is 0. The van der Waals surface area contributed by atoms with Crippen molar-refractivity contribution in [2.75, 3.05) is 6.61 Å². The van der Waals surface area contributed by atoms with Gasteiger partial charge in [-0.25, -0.2) is 0 Å². The lowest BCUT2D eigenvalue weighted by atomic mass is 9.86. The molecule has 166 valence electrons. The van der Waals surface area contributed by atoms with Gasteiger partial charge in [-0.3, -0.25) is 0 Å². The molecule has 0 bridgehead atoms. The van der Waals surface area contributed by atoms with Gasteiger partial charge in [-0.2, -0.15) is 0 Å². The molecule has 0 aromatic rings. The summed E-state index contributed by atoms with van der Waals surface area (Å²) in [5, 5.41) is 25.3. The average molecular weight is 397 g/mol. The first-order valence-corrected chi connectivity index (χ1v) is 11.9. The summed E-state index contributed by atoms with van der Waals surface area (Å²) < 4.78 is 0. The van der Waals surface area contributed by atoms with Crippen molar-refractivity contribution >= 4 is 0 Å². The third kappa shape index (κ3) is 16.0. The Morgan fingerprint density at radius 1 is 0.857 bits per heavy atom. The summed E-state index contributed by atoms with van der Waals surface area (Å²) in [6, 6.07) is 0. The van der Waals surface area contributed by atoms with Gasteiger partial charge < -0.3 is 15.3 Å². The van der Waals surface area contributed by atoms with E-state index in [4.69, 9.17) is 10.2 Å². The van der Waals surface area contributed by atoms with Crippen molar-refractivity contribution in [2.45, 2.75) is 116 Å². The lowest BCUT2D eigenvalue weighted by Gasteiger charge is -2.19. The van der Waals surface area contributed by atoms with Gasteiger partial charge in [0.05, 0.1) is 12.9 Å². The highest BCUT2D eigenvalue weighted by atomic mass is 16.3. The van der Waals surface area contributed by atoms with Crippen molar-refractivity contribution in [1.82, 2.24) is 0 Å². The summed E-state index contributed by atoms with van der Waals surface area (Å²) in [6.07, 6.45) is 25.9. The predicted octanol–water partition coefficient (Wildman–Crippen LogP) is 8.01. The van der Waals surface area contributed by atoms with E-state index in [1.165, 1.54) is 96.3 Å². The molecule has 0 aliphatic heterocycles. The van der Waals surface area contributed by atoms with Crippen LogP contribution < -0.4 is 0 Å². The van der Waals surface area contributed by atoms with Gasteiger partial charge in [-0.1, -0.05) is 110 Å². The molecule has 0 saturated heterocycles. The van der Waals surface area contributed by atoms with E-state index in [0.717, 1.165) is 30.9 Å². The standard InChI is InChI=1S/C23H44O2.C2H4O/c1-2-3-4-5-6-7-8-11-15-21-17-14-18-22(21)16-12-9-10-13-19-23(25)20-24;1-2-3/h19,21-22,24-25H,2-18,20H2,1H3;2-3H,1H2/t21-,22-;/m0./s1. The minimum Gasteiger partial charge on any atom is -0.516 e. The largest absolute Gasteiger partial charge is 0.516 e. The van der Waals surface area contributed by atoms with Gasteiger partial charge in [0.25, 0.3) is 0 Å². The van der Waals surface area contributed by atoms with Crippen LogP contribution in [0.2, 0.25) is 0 Å². The van der Waals surface area contributed by atoms with Crippen LogP contribution in [0.3, 0.4) is 0 Å². The van der Waals surface area contributed by atoms with E-state index < -0.39 is 0 Å². The number of unbranched alkanes of at least 4 members (excludes halogenated alkanes) is 10. The summed E-state index contributed by atoms with van der Waals surface area (Å²) in [4.78, 5) is 0. The molecule has 1 saturated carbocycles. The fourth-order valence-corrected chi connectivity index (χ4v) is 4.47. The van der Waals surface area contributed by atoms with Crippen LogP contribution in [-0.4, -0.2) is 21.9 Å². The first kappa shape index (κ1) is 27.0. The molecule has 0 heterocycles. The second-order valence-corrected chi connectivity index (χ2v) is 8.39. The molecule has 1 fully saturated rings. The molecule has 0 aromatic heterocycles. The zero-order chi connectivity index (χ0) is 20.9. The van der Waals surface area contributed by atoms with Crippen LogP contribution >= 0.6 is 0 Å². The minimum atomic E-state index is -0.220. The summed E-state index contributed by atoms with van der Waals surface area (Å²) in [6.45, 7) is 4.99. The van der Waals surface area contributed by atoms with Crippen molar-refractivity contribution in [3.63, 3.8) is 0 Å². The second-order valence-electron chi connectivity index (χ2n) is 8.39. The Morgan fingerprint density at radius 3 is 1.82 bits per heavy atom. The highest BCUT2D eigenvalue weighted by molar-refractivity contribution is 4.89. The third-order valence-electron chi connectivity index (χ3n) is 6.07. The van der Waals surface area contributed by atoms with Crippen molar-refractivity contribution in [1.29, 1.82) is 0 Å². The van der Waals surface area contributed by atoms with Crippen LogP contribution in [0.1, 0.15) is 116 Å².